The Hall–Kier alpha value is -1.71. The summed E-state index contributed by atoms with van der Waals surface area (Å²) in [5.74, 6) is -1.36. The van der Waals surface area contributed by atoms with Gasteiger partial charge in [-0.25, -0.2) is 0 Å². The first kappa shape index (κ1) is 29.1. The molecule has 0 aromatic heterocycles. The van der Waals surface area contributed by atoms with Crippen LogP contribution >= 0.6 is 0 Å². The minimum Gasteiger partial charge on any atom is -0.481 e. The predicted molar refractivity (Wildman–Crippen MR) is 105 cm³/mol. The zero-order valence-corrected chi connectivity index (χ0v) is 17.1. The number of amides is 2. The predicted octanol–water partition coefficient (Wildman–Crippen LogP) is -0.339. The largest absolute Gasteiger partial charge is 0.481 e. The van der Waals surface area contributed by atoms with Crippen LogP contribution in [0.2, 0.25) is 0 Å². The molecule has 0 spiro atoms. The molecule has 0 aliphatic heterocycles. The zero-order valence-electron chi connectivity index (χ0n) is 17.1. The lowest BCUT2D eigenvalue weighted by molar-refractivity contribution is -0.137. The molecule has 26 heavy (non-hydrogen) atoms. The number of carboxylic acids is 1. The van der Waals surface area contributed by atoms with Crippen molar-refractivity contribution < 1.29 is 19.5 Å². The molecule has 9 heteroatoms. The lowest BCUT2D eigenvalue weighted by atomic mass is 10.1. The Bertz CT molecular complexity index is 363. The molecule has 0 aliphatic rings. The van der Waals surface area contributed by atoms with Crippen molar-refractivity contribution in [2.45, 2.75) is 59.0 Å². The van der Waals surface area contributed by atoms with Gasteiger partial charge in [-0.2, -0.15) is 0 Å². The number of carbonyl (C=O) groups excluding carboxylic acids is 2. The second-order valence-corrected chi connectivity index (χ2v) is 4.79. The number of likely N-dealkylation sites (N-methyl/N-ethyl adjacent to an activating group) is 2. The zero-order chi connectivity index (χ0) is 21.0. The molecule has 0 saturated heterocycles. The van der Waals surface area contributed by atoms with Gasteiger partial charge >= 0.3 is 5.97 Å². The van der Waals surface area contributed by atoms with Crippen LogP contribution in [0.3, 0.4) is 0 Å². The van der Waals surface area contributed by atoms with Gasteiger partial charge in [0.1, 0.15) is 0 Å². The second-order valence-electron chi connectivity index (χ2n) is 4.79. The number of aliphatic carboxylic acids is 1. The van der Waals surface area contributed by atoms with Gasteiger partial charge in [-0.1, -0.05) is 27.7 Å². The number of hydrogen-bond donors (Lipinski definition) is 6. The summed E-state index contributed by atoms with van der Waals surface area (Å²) in [6.45, 7) is 9.04. The molecular weight excluding hydrogens is 338 g/mol. The molecule has 0 aliphatic carbocycles. The van der Waals surface area contributed by atoms with Gasteiger partial charge in [0.2, 0.25) is 11.8 Å². The van der Waals surface area contributed by atoms with Crippen molar-refractivity contribution in [3.8, 4) is 0 Å². The summed E-state index contributed by atoms with van der Waals surface area (Å²) < 4.78 is 0. The van der Waals surface area contributed by atoms with Gasteiger partial charge in [0.15, 0.2) is 0 Å². The van der Waals surface area contributed by atoms with E-state index in [4.69, 9.17) is 10.8 Å². The van der Waals surface area contributed by atoms with Crippen LogP contribution in [0.5, 0.6) is 0 Å². The molecule has 0 radical (unpaired) electrons. The van der Waals surface area contributed by atoms with E-state index in [9.17, 15) is 14.4 Å². The first-order valence-electron chi connectivity index (χ1n) is 9.28. The summed E-state index contributed by atoms with van der Waals surface area (Å²) in [5.41, 5.74) is 5.42. The van der Waals surface area contributed by atoms with Crippen molar-refractivity contribution in [1.29, 1.82) is 0 Å². The third kappa shape index (κ3) is 15.8. The molecule has 0 aromatic rings. The molecule has 0 saturated carbocycles. The van der Waals surface area contributed by atoms with Gasteiger partial charge in [0.05, 0.1) is 12.1 Å². The van der Waals surface area contributed by atoms with E-state index < -0.39 is 18.1 Å². The van der Waals surface area contributed by atoms with Crippen molar-refractivity contribution in [2.24, 2.45) is 5.73 Å². The maximum atomic E-state index is 11.8. The summed E-state index contributed by atoms with van der Waals surface area (Å²) in [7, 11) is 3.27. The molecule has 0 rings (SSSR count). The lowest BCUT2D eigenvalue weighted by Crippen LogP contribution is -2.48. The fourth-order valence-corrected chi connectivity index (χ4v) is 1.79. The molecule has 0 heterocycles. The molecular formula is C17H39N5O4. The van der Waals surface area contributed by atoms with Crippen molar-refractivity contribution in [2.75, 3.05) is 33.7 Å². The van der Waals surface area contributed by atoms with Crippen LogP contribution in [0.25, 0.3) is 0 Å². The maximum Gasteiger partial charge on any atom is 0.303 e. The van der Waals surface area contributed by atoms with E-state index in [2.05, 4.69) is 21.3 Å². The Morgan fingerprint density at radius 1 is 0.885 bits per heavy atom. The highest BCUT2D eigenvalue weighted by Gasteiger charge is 2.17. The van der Waals surface area contributed by atoms with Crippen molar-refractivity contribution in [3.05, 3.63) is 0 Å². The number of nitrogens with one attached hydrogen (secondary N) is 4. The molecule has 2 amide bonds. The second kappa shape index (κ2) is 21.3. The number of carbonyl (C=O) groups is 3. The molecule has 7 N–H and O–H groups in total. The minimum absolute atomic E-state index is 0.0700. The SMILES string of the molecule is CC.CC.CN[C@@H](CN)C(=O)NCCCNC(=O)[C@H](CCC(=O)O)NC. The number of nitrogens with two attached hydrogens (primary N) is 1. The molecule has 2 atom stereocenters. The summed E-state index contributed by atoms with van der Waals surface area (Å²) in [6.07, 6.45) is 0.738. The van der Waals surface area contributed by atoms with Crippen LogP contribution < -0.4 is 27.0 Å². The van der Waals surface area contributed by atoms with E-state index in [-0.39, 0.29) is 31.2 Å². The van der Waals surface area contributed by atoms with Crippen LogP contribution in [0.15, 0.2) is 0 Å². The third-order valence-corrected chi connectivity index (χ3v) is 3.16. The Labute approximate surface area is 157 Å². The maximum absolute atomic E-state index is 11.8. The standard InChI is InChI=1S/C13H27N5O4.2C2H6/c1-15-9(4-5-11(19)20)12(21)17-6-3-7-18-13(22)10(8-14)16-2;2*1-2/h9-10,15-16H,3-8,14H2,1-2H3,(H,17,21)(H,18,22)(H,19,20);2*1-2H3/t9-,10-;;/m0../s1. The van der Waals surface area contributed by atoms with E-state index in [1.807, 2.05) is 27.7 Å². The van der Waals surface area contributed by atoms with Gasteiger partial charge in [-0.15, -0.1) is 0 Å². The average Bonchev–Trinajstić information content (AvgIpc) is 2.66. The third-order valence-electron chi connectivity index (χ3n) is 3.16. The smallest absolute Gasteiger partial charge is 0.303 e. The van der Waals surface area contributed by atoms with Crippen molar-refractivity contribution >= 4 is 17.8 Å². The van der Waals surface area contributed by atoms with E-state index in [0.29, 0.717) is 19.5 Å². The average molecular weight is 378 g/mol. The molecule has 0 unspecified atom stereocenters. The number of hydrogen-bond acceptors (Lipinski definition) is 6. The minimum atomic E-state index is -0.935. The van der Waals surface area contributed by atoms with E-state index in [0.717, 1.165) is 0 Å². The fourth-order valence-electron chi connectivity index (χ4n) is 1.79. The lowest BCUT2D eigenvalue weighted by Gasteiger charge is -2.16. The highest BCUT2D eigenvalue weighted by atomic mass is 16.4. The monoisotopic (exact) mass is 377 g/mol. The Kier molecular flexibility index (Phi) is 23.9. The first-order valence-corrected chi connectivity index (χ1v) is 9.28. The Balaban J connectivity index is -0.00000123. The Morgan fingerprint density at radius 2 is 1.31 bits per heavy atom. The van der Waals surface area contributed by atoms with Crippen LogP contribution in [0, 0.1) is 0 Å². The summed E-state index contributed by atoms with van der Waals surface area (Å²) >= 11 is 0. The molecule has 0 bridgehead atoms. The molecule has 0 aromatic carbocycles. The van der Waals surface area contributed by atoms with Gasteiger partial charge in [0.25, 0.3) is 0 Å². The summed E-state index contributed by atoms with van der Waals surface area (Å²) in [6, 6.07) is -0.948. The van der Waals surface area contributed by atoms with Crippen LogP contribution in [0.4, 0.5) is 0 Å². The first-order chi connectivity index (χ1) is 12.5. The molecule has 9 nitrogen and oxygen atoms in total. The number of carboxylic acid groups (broad SMARTS) is 1. The number of rotatable bonds is 12. The molecule has 0 fully saturated rings. The van der Waals surface area contributed by atoms with Gasteiger partial charge in [0, 0.05) is 26.1 Å². The summed E-state index contributed by atoms with van der Waals surface area (Å²) in [4.78, 5) is 33.9. The van der Waals surface area contributed by atoms with Crippen LogP contribution in [0.1, 0.15) is 47.0 Å². The normalized spacial score (nSPS) is 11.7. The van der Waals surface area contributed by atoms with Crippen molar-refractivity contribution in [1.82, 2.24) is 21.3 Å². The Morgan fingerprint density at radius 3 is 1.65 bits per heavy atom. The van der Waals surface area contributed by atoms with E-state index in [1.165, 1.54) is 0 Å². The highest BCUT2D eigenvalue weighted by molar-refractivity contribution is 5.82. The van der Waals surface area contributed by atoms with Gasteiger partial charge in [-0.3, -0.25) is 14.4 Å². The fraction of sp³-hybridized carbons (Fsp3) is 0.824. The van der Waals surface area contributed by atoms with Crippen LogP contribution in [-0.4, -0.2) is 68.7 Å². The van der Waals surface area contributed by atoms with Crippen molar-refractivity contribution in [3.63, 3.8) is 0 Å². The topological polar surface area (TPSA) is 146 Å². The summed E-state index contributed by atoms with van der Waals surface area (Å²) in [5, 5.41) is 19.6. The molecule has 156 valence electrons. The quantitative estimate of drug-likeness (QED) is 0.255. The van der Waals surface area contributed by atoms with Crippen LogP contribution in [-0.2, 0) is 14.4 Å². The van der Waals surface area contributed by atoms with E-state index >= 15 is 0 Å². The van der Waals surface area contributed by atoms with Gasteiger partial charge in [-0.05, 0) is 26.9 Å². The van der Waals surface area contributed by atoms with Gasteiger partial charge < -0.3 is 32.1 Å². The highest BCUT2D eigenvalue weighted by Crippen LogP contribution is 1.97. The van der Waals surface area contributed by atoms with E-state index in [1.54, 1.807) is 14.1 Å².